The first-order chi connectivity index (χ1) is 9.35. The van der Waals surface area contributed by atoms with Crippen molar-refractivity contribution in [3.8, 4) is 5.75 Å². The third-order valence-corrected chi connectivity index (χ3v) is 2.79. The van der Waals surface area contributed by atoms with Gasteiger partial charge in [-0.05, 0) is 38.0 Å². The van der Waals surface area contributed by atoms with Crippen LogP contribution in [0.25, 0.3) is 0 Å². The third kappa shape index (κ3) is 4.79. The van der Waals surface area contributed by atoms with Crippen LogP contribution in [0.5, 0.6) is 5.75 Å². The molecule has 3 N–H and O–H groups in total. The van der Waals surface area contributed by atoms with Crippen LogP contribution < -0.4 is 15.4 Å². The Labute approximate surface area is 118 Å². The Kier molecular flexibility index (Phi) is 5.37. The van der Waals surface area contributed by atoms with Gasteiger partial charge in [0.05, 0.1) is 7.11 Å². The number of carbonyl (C=O) groups is 2. The van der Waals surface area contributed by atoms with E-state index in [2.05, 4.69) is 10.6 Å². The SMILES string of the molecule is COc1cccc(CCNC(=O)NC(C)(C)C(=O)O)c1. The first-order valence-electron chi connectivity index (χ1n) is 6.27. The summed E-state index contributed by atoms with van der Waals surface area (Å²) in [6, 6.07) is 7.05. The largest absolute Gasteiger partial charge is 0.497 e. The van der Waals surface area contributed by atoms with Crippen molar-refractivity contribution in [3.63, 3.8) is 0 Å². The number of carbonyl (C=O) groups excluding carboxylic acids is 1. The van der Waals surface area contributed by atoms with Gasteiger partial charge in [-0.3, -0.25) is 0 Å². The number of methoxy groups -OCH3 is 1. The van der Waals surface area contributed by atoms with Crippen LogP contribution in [0.3, 0.4) is 0 Å². The van der Waals surface area contributed by atoms with Crippen LogP contribution in [0.1, 0.15) is 19.4 Å². The number of urea groups is 1. The number of carboxylic acids is 1. The van der Waals surface area contributed by atoms with Crippen molar-refractivity contribution in [3.05, 3.63) is 29.8 Å². The average molecular weight is 280 g/mol. The summed E-state index contributed by atoms with van der Waals surface area (Å²) in [4.78, 5) is 22.4. The van der Waals surface area contributed by atoms with Crippen LogP contribution >= 0.6 is 0 Å². The van der Waals surface area contributed by atoms with Crippen LogP contribution in [0.15, 0.2) is 24.3 Å². The summed E-state index contributed by atoms with van der Waals surface area (Å²) in [5, 5.41) is 13.9. The third-order valence-electron chi connectivity index (χ3n) is 2.79. The van der Waals surface area contributed by atoms with Gasteiger partial charge in [0.2, 0.25) is 0 Å². The van der Waals surface area contributed by atoms with Gasteiger partial charge in [-0.1, -0.05) is 12.1 Å². The second-order valence-electron chi connectivity index (χ2n) is 4.91. The second kappa shape index (κ2) is 6.79. The number of ether oxygens (including phenoxy) is 1. The minimum absolute atomic E-state index is 0.411. The summed E-state index contributed by atoms with van der Waals surface area (Å²) in [5.74, 6) is -0.320. The lowest BCUT2D eigenvalue weighted by molar-refractivity contribution is -0.142. The molecule has 20 heavy (non-hydrogen) atoms. The van der Waals surface area contributed by atoms with Gasteiger partial charge in [-0.25, -0.2) is 9.59 Å². The van der Waals surface area contributed by atoms with Gasteiger partial charge in [0.25, 0.3) is 0 Å². The van der Waals surface area contributed by atoms with Gasteiger partial charge >= 0.3 is 12.0 Å². The van der Waals surface area contributed by atoms with Crippen molar-refractivity contribution in [2.45, 2.75) is 25.8 Å². The van der Waals surface area contributed by atoms with E-state index in [1.165, 1.54) is 13.8 Å². The van der Waals surface area contributed by atoms with Gasteiger partial charge in [0.1, 0.15) is 11.3 Å². The summed E-state index contributed by atoms with van der Waals surface area (Å²) in [6.07, 6.45) is 0.637. The standard InChI is InChI=1S/C14H20N2O4/c1-14(2,12(17)18)16-13(19)15-8-7-10-5-4-6-11(9-10)20-3/h4-6,9H,7-8H2,1-3H3,(H,17,18)(H2,15,16,19). The number of hydrogen-bond acceptors (Lipinski definition) is 3. The molecular weight excluding hydrogens is 260 g/mol. The molecule has 0 spiro atoms. The van der Waals surface area contributed by atoms with Gasteiger partial charge in [-0.2, -0.15) is 0 Å². The lowest BCUT2D eigenvalue weighted by atomic mass is 10.1. The fourth-order valence-corrected chi connectivity index (χ4v) is 1.53. The first-order valence-corrected chi connectivity index (χ1v) is 6.27. The molecule has 0 aliphatic carbocycles. The zero-order valence-electron chi connectivity index (χ0n) is 11.9. The molecule has 0 bridgehead atoms. The molecular formula is C14H20N2O4. The zero-order valence-corrected chi connectivity index (χ0v) is 11.9. The normalized spacial score (nSPS) is 10.8. The van der Waals surface area contributed by atoms with Crippen molar-refractivity contribution in [2.24, 2.45) is 0 Å². The predicted octanol–water partition coefficient (Wildman–Crippen LogP) is 1.40. The highest BCUT2D eigenvalue weighted by Gasteiger charge is 2.28. The van der Waals surface area contributed by atoms with Crippen molar-refractivity contribution in [1.82, 2.24) is 10.6 Å². The van der Waals surface area contributed by atoms with E-state index < -0.39 is 17.5 Å². The summed E-state index contributed by atoms with van der Waals surface area (Å²) in [7, 11) is 1.60. The number of amides is 2. The topological polar surface area (TPSA) is 87.7 Å². The molecule has 0 radical (unpaired) electrons. The highest BCUT2D eigenvalue weighted by Crippen LogP contribution is 2.12. The van der Waals surface area contributed by atoms with Crippen molar-refractivity contribution in [1.29, 1.82) is 0 Å². The number of hydrogen-bond donors (Lipinski definition) is 3. The molecule has 1 aromatic rings. The molecule has 0 aromatic heterocycles. The Morgan fingerprint density at radius 2 is 2.05 bits per heavy atom. The molecule has 0 saturated heterocycles. The van der Waals surface area contributed by atoms with Crippen molar-refractivity contribution >= 4 is 12.0 Å². The van der Waals surface area contributed by atoms with Crippen LogP contribution in [-0.2, 0) is 11.2 Å². The lowest BCUT2D eigenvalue weighted by Gasteiger charge is -2.21. The fraction of sp³-hybridized carbons (Fsp3) is 0.429. The highest BCUT2D eigenvalue weighted by atomic mass is 16.5. The van der Waals surface area contributed by atoms with Crippen LogP contribution in [0.4, 0.5) is 4.79 Å². The van der Waals surface area contributed by atoms with E-state index in [0.717, 1.165) is 11.3 Å². The maximum Gasteiger partial charge on any atom is 0.328 e. The Morgan fingerprint density at radius 1 is 1.35 bits per heavy atom. The molecule has 0 aliphatic rings. The Bertz CT molecular complexity index is 486. The molecule has 0 aliphatic heterocycles. The molecule has 0 fully saturated rings. The first kappa shape index (κ1) is 15.8. The average Bonchev–Trinajstić information content (AvgIpc) is 2.38. The summed E-state index contributed by atoms with van der Waals surface area (Å²) in [6.45, 7) is 3.27. The van der Waals surface area contributed by atoms with E-state index in [1.807, 2.05) is 24.3 Å². The number of carboxylic acid groups (broad SMARTS) is 1. The molecule has 0 heterocycles. The predicted molar refractivity (Wildman–Crippen MR) is 74.9 cm³/mol. The Balaban J connectivity index is 2.40. The number of benzene rings is 1. The minimum Gasteiger partial charge on any atom is -0.497 e. The van der Waals surface area contributed by atoms with Crippen LogP contribution in [0.2, 0.25) is 0 Å². The molecule has 1 aromatic carbocycles. The van der Waals surface area contributed by atoms with Gasteiger partial charge < -0.3 is 20.5 Å². The Morgan fingerprint density at radius 3 is 2.65 bits per heavy atom. The summed E-state index contributed by atoms with van der Waals surface area (Å²) >= 11 is 0. The molecule has 1 rings (SSSR count). The highest BCUT2D eigenvalue weighted by molar-refractivity contribution is 5.85. The van der Waals surface area contributed by atoms with Crippen LogP contribution in [0, 0.1) is 0 Å². The van der Waals surface area contributed by atoms with E-state index >= 15 is 0 Å². The molecule has 0 unspecified atom stereocenters. The molecule has 6 heteroatoms. The molecule has 0 atom stereocenters. The smallest absolute Gasteiger partial charge is 0.328 e. The van der Waals surface area contributed by atoms with Crippen molar-refractivity contribution in [2.75, 3.05) is 13.7 Å². The Hall–Kier alpha value is -2.24. The maximum absolute atomic E-state index is 11.6. The number of aliphatic carboxylic acids is 1. The van der Waals surface area contributed by atoms with Gasteiger partial charge in [-0.15, -0.1) is 0 Å². The number of rotatable bonds is 6. The quantitative estimate of drug-likeness (QED) is 0.735. The minimum atomic E-state index is -1.29. The summed E-state index contributed by atoms with van der Waals surface area (Å²) in [5.41, 5.74) is -0.262. The number of nitrogens with one attached hydrogen (secondary N) is 2. The second-order valence-corrected chi connectivity index (χ2v) is 4.91. The van der Waals surface area contributed by atoms with Gasteiger partial charge in [0.15, 0.2) is 0 Å². The van der Waals surface area contributed by atoms with Crippen molar-refractivity contribution < 1.29 is 19.4 Å². The fourth-order valence-electron chi connectivity index (χ4n) is 1.53. The molecule has 0 saturated carbocycles. The van der Waals surface area contributed by atoms with E-state index in [9.17, 15) is 9.59 Å². The monoisotopic (exact) mass is 280 g/mol. The van der Waals surface area contributed by atoms with E-state index in [1.54, 1.807) is 7.11 Å². The summed E-state index contributed by atoms with van der Waals surface area (Å²) < 4.78 is 5.11. The van der Waals surface area contributed by atoms with E-state index in [4.69, 9.17) is 9.84 Å². The van der Waals surface area contributed by atoms with E-state index in [0.29, 0.717) is 13.0 Å². The van der Waals surface area contributed by atoms with Crippen LogP contribution in [-0.4, -0.2) is 36.3 Å². The van der Waals surface area contributed by atoms with E-state index in [-0.39, 0.29) is 0 Å². The molecule has 6 nitrogen and oxygen atoms in total. The maximum atomic E-state index is 11.6. The molecule has 110 valence electrons. The van der Waals surface area contributed by atoms with Gasteiger partial charge in [0, 0.05) is 6.54 Å². The zero-order chi connectivity index (χ0) is 15.2. The molecule has 2 amide bonds. The lowest BCUT2D eigenvalue weighted by Crippen LogP contribution is -2.53.